The average molecular weight is 471 g/mol. The van der Waals surface area contributed by atoms with Gasteiger partial charge in [-0.1, -0.05) is 50.2 Å². The molecule has 0 N–H and O–H groups in total. The fourth-order valence-corrected chi connectivity index (χ4v) is 5.29. The summed E-state index contributed by atoms with van der Waals surface area (Å²) in [5.74, 6) is -0.856. The first-order valence-electron chi connectivity index (χ1n) is 11.1. The lowest BCUT2D eigenvalue weighted by Crippen LogP contribution is -2.42. The second-order valence-electron chi connectivity index (χ2n) is 7.85. The van der Waals surface area contributed by atoms with Crippen molar-refractivity contribution in [3.05, 3.63) is 71.3 Å². The molecule has 0 saturated carbocycles. The van der Waals surface area contributed by atoms with Gasteiger partial charge in [0.1, 0.15) is 0 Å². The number of sulfonamides is 1. The molecular weight excluding hydrogens is 440 g/mol. The van der Waals surface area contributed by atoms with Gasteiger partial charge in [0.25, 0.3) is 5.91 Å². The Morgan fingerprint density at radius 3 is 2.33 bits per heavy atom. The quantitative estimate of drug-likeness (QED) is 0.437. The fourth-order valence-electron chi connectivity index (χ4n) is 3.83. The van der Waals surface area contributed by atoms with Crippen LogP contribution in [0.3, 0.4) is 0 Å². The van der Waals surface area contributed by atoms with Crippen molar-refractivity contribution in [3.63, 3.8) is 0 Å². The number of fused-ring (bicyclic) bond motifs is 1. The highest BCUT2D eigenvalue weighted by Crippen LogP contribution is 2.20. The molecule has 1 heterocycles. The summed E-state index contributed by atoms with van der Waals surface area (Å²) in [5.41, 5.74) is 3.00. The van der Waals surface area contributed by atoms with E-state index in [2.05, 4.69) is 6.07 Å². The minimum Gasteiger partial charge on any atom is -0.449 e. The van der Waals surface area contributed by atoms with E-state index in [1.165, 1.54) is 34.2 Å². The van der Waals surface area contributed by atoms with Crippen LogP contribution in [0.2, 0.25) is 0 Å². The first-order chi connectivity index (χ1) is 15.8. The molecule has 1 atom stereocenters. The maximum Gasteiger partial charge on any atom is 0.331 e. The molecule has 0 saturated heterocycles. The summed E-state index contributed by atoms with van der Waals surface area (Å²) < 4.78 is 31.8. The van der Waals surface area contributed by atoms with Crippen LogP contribution in [-0.2, 0) is 37.3 Å². The van der Waals surface area contributed by atoms with E-state index in [1.54, 1.807) is 37.8 Å². The number of nitrogens with zero attached hydrogens (tertiary/aromatic N) is 2. The van der Waals surface area contributed by atoms with E-state index >= 15 is 0 Å². The Morgan fingerprint density at radius 2 is 1.70 bits per heavy atom. The molecule has 7 nitrogen and oxygen atoms in total. The Morgan fingerprint density at radius 1 is 1.06 bits per heavy atom. The highest BCUT2D eigenvalue weighted by molar-refractivity contribution is 7.89. The Balaban J connectivity index is 1.57. The van der Waals surface area contributed by atoms with Crippen LogP contribution in [0, 0.1) is 0 Å². The van der Waals surface area contributed by atoms with Crippen molar-refractivity contribution in [1.82, 2.24) is 9.21 Å². The van der Waals surface area contributed by atoms with Crippen molar-refractivity contribution in [2.75, 3.05) is 19.6 Å². The van der Waals surface area contributed by atoms with Gasteiger partial charge in [-0.15, -0.1) is 0 Å². The summed E-state index contributed by atoms with van der Waals surface area (Å²) >= 11 is 0. The number of hydrogen-bond acceptors (Lipinski definition) is 5. The Labute approximate surface area is 195 Å². The van der Waals surface area contributed by atoms with Crippen molar-refractivity contribution >= 4 is 28.0 Å². The number of ether oxygens (including phenoxy) is 1. The second kappa shape index (κ2) is 10.8. The van der Waals surface area contributed by atoms with E-state index in [0.29, 0.717) is 31.7 Å². The van der Waals surface area contributed by atoms with Crippen LogP contribution in [0.25, 0.3) is 6.08 Å². The maximum absolute atomic E-state index is 12.7. The lowest BCUT2D eigenvalue weighted by molar-refractivity contribution is -0.155. The van der Waals surface area contributed by atoms with Gasteiger partial charge >= 0.3 is 5.97 Å². The Hall–Kier alpha value is -2.97. The van der Waals surface area contributed by atoms with Gasteiger partial charge in [0.2, 0.25) is 10.0 Å². The number of carbonyl (C=O) groups excluding carboxylic acids is 2. The van der Waals surface area contributed by atoms with Crippen LogP contribution < -0.4 is 0 Å². The van der Waals surface area contributed by atoms with Crippen molar-refractivity contribution in [2.24, 2.45) is 0 Å². The molecule has 176 valence electrons. The van der Waals surface area contributed by atoms with Crippen LogP contribution in [-0.4, -0.2) is 55.2 Å². The van der Waals surface area contributed by atoms with Crippen LogP contribution in [0.5, 0.6) is 0 Å². The van der Waals surface area contributed by atoms with Gasteiger partial charge in [0, 0.05) is 32.3 Å². The average Bonchev–Trinajstić information content (AvgIpc) is 2.82. The van der Waals surface area contributed by atoms with Gasteiger partial charge in [-0.05, 0) is 48.2 Å². The first kappa shape index (κ1) is 24.7. The third kappa shape index (κ3) is 5.89. The number of amides is 1. The van der Waals surface area contributed by atoms with Gasteiger partial charge in [-0.25, -0.2) is 13.2 Å². The molecular formula is C25H30N2O5S. The van der Waals surface area contributed by atoms with Crippen molar-refractivity contribution in [3.8, 4) is 0 Å². The highest BCUT2D eigenvalue weighted by Gasteiger charge is 2.26. The minimum absolute atomic E-state index is 0.202. The molecule has 0 fully saturated rings. The number of carbonyl (C=O) groups is 2. The summed E-state index contributed by atoms with van der Waals surface area (Å²) in [6.07, 6.45) is 2.66. The van der Waals surface area contributed by atoms with E-state index in [0.717, 1.165) is 12.0 Å². The molecule has 1 aliphatic heterocycles. The standard InChI is InChI=1S/C25H30N2O5S/c1-4-27(5-2)33(30,31)23-13-10-20(11-14-23)12-15-24(28)32-19(3)25(29)26-17-16-21-8-6-7-9-22(21)18-26/h6-15,19H,4-5,16-18H2,1-3H3/b15-12+. The zero-order chi connectivity index (χ0) is 24.0. The number of esters is 1. The molecule has 8 heteroatoms. The predicted molar refractivity (Wildman–Crippen MR) is 127 cm³/mol. The lowest BCUT2D eigenvalue weighted by atomic mass is 9.99. The lowest BCUT2D eigenvalue weighted by Gasteiger charge is -2.30. The van der Waals surface area contributed by atoms with Crippen LogP contribution >= 0.6 is 0 Å². The van der Waals surface area contributed by atoms with Gasteiger partial charge in [0.05, 0.1) is 4.90 Å². The largest absolute Gasteiger partial charge is 0.449 e. The molecule has 2 aromatic carbocycles. The molecule has 0 aromatic heterocycles. The molecule has 1 unspecified atom stereocenters. The highest BCUT2D eigenvalue weighted by atomic mass is 32.2. The van der Waals surface area contributed by atoms with Gasteiger partial charge in [0.15, 0.2) is 6.10 Å². The molecule has 33 heavy (non-hydrogen) atoms. The monoisotopic (exact) mass is 470 g/mol. The summed E-state index contributed by atoms with van der Waals surface area (Å²) in [4.78, 5) is 26.9. The molecule has 3 rings (SSSR count). The van der Waals surface area contributed by atoms with E-state index in [1.807, 2.05) is 18.2 Å². The molecule has 1 aliphatic rings. The number of rotatable bonds is 8. The second-order valence-corrected chi connectivity index (χ2v) is 9.79. The molecule has 0 spiro atoms. The van der Waals surface area contributed by atoms with Crippen molar-refractivity contribution in [2.45, 2.75) is 44.7 Å². The van der Waals surface area contributed by atoms with Gasteiger partial charge in [-0.2, -0.15) is 4.31 Å². The smallest absolute Gasteiger partial charge is 0.331 e. The zero-order valence-electron chi connectivity index (χ0n) is 19.2. The van der Waals surface area contributed by atoms with Crippen LogP contribution in [0.1, 0.15) is 37.5 Å². The summed E-state index contributed by atoms with van der Waals surface area (Å²) in [5, 5.41) is 0. The first-order valence-corrected chi connectivity index (χ1v) is 12.5. The van der Waals surface area contributed by atoms with E-state index in [-0.39, 0.29) is 10.8 Å². The van der Waals surface area contributed by atoms with Crippen LogP contribution in [0.15, 0.2) is 59.5 Å². The van der Waals surface area contributed by atoms with Crippen LogP contribution in [0.4, 0.5) is 0 Å². The summed E-state index contributed by atoms with van der Waals surface area (Å²) in [6, 6.07) is 14.3. The number of hydrogen-bond donors (Lipinski definition) is 0. The Bertz CT molecular complexity index is 1120. The molecule has 0 aliphatic carbocycles. The third-order valence-corrected chi connectivity index (χ3v) is 7.78. The number of benzene rings is 2. The fraction of sp³-hybridized carbons (Fsp3) is 0.360. The van der Waals surface area contributed by atoms with E-state index in [9.17, 15) is 18.0 Å². The third-order valence-electron chi connectivity index (χ3n) is 5.72. The maximum atomic E-state index is 12.7. The topological polar surface area (TPSA) is 84.0 Å². The van der Waals surface area contributed by atoms with E-state index in [4.69, 9.17) is 4.74 Å². The normalized spacial score (nSPS) is 14.8. The van der Waals surface area contributed by atoms with Gasteiger partial charge < -0.3 is 9.64 Å². The molecule has 2 aromatic rings. The van der Waals surface area contributed by atoms with E-state index < -0.39 is 22.1 Å². The minimum atomic E-state index is -3.53. The van der Waals surface area contributed by atoms with Crippen molar-refractivity contribution < 1.29 is 22.7 Å². The predicted octanol–water partition coefficient (Wildman–Crippen LogP) is 3.25. The van der Waals surface area contributed by atoms with Gasteiger partial charge in [-0.3, -0.25) is 4.79 Å². The molecule has 0 radical (unpaired) electrons. The Kier molecular flexibility index (Phi) is 8.05. The molecule has 1 amide bonds. The zero-order valence-corrected chi connectivity index (χ0v) is 20.0. The summed E-state index contributed by atoms with van der Waals surface area (Å²) in [6.45, 7) is 7.05. The summed E-state index contributed by atoms with van der Waals surface area (Å²) in [7, 11) is -3.53. The van der Waals surface area contributed by atoms with Crippen molar-refractivity contribution in [1.29, 1.82) is 0 Å². The SMILES string of the molecule is CCN(CC)S(=O)(=O)c1ccc(/C=C/C(=O)OC(C)C(=O)N2CCc3ccccc3C2)cc1. The molecule has 0 bridgehead atoms.